The van der Waals surface area contributed by atoms with Crippen LogP contribution >= 0.6 is 11.6 Å². The molecule has 0 spiro atoms. The molecule has 2 fully saturated rings. The van der Waals surface area contributed by atoms with Gasteiger partial charge in [-0.3, -0.25) is 9.59 Å². The zero-order chi connectivity index (χ0) is 14.3. The predicted octanol–water partition coefficient (Wildman–Crippen LogP) is 1.14. The average Bonchev–Trinajstić information content (AvgIpc) is 2.69. The minimum absolute atomic E-state index is 0.202. The van der Waals surface area contributed by atoms with Gasteiger partial charge < -0.3 is 9.64 Å². The highest BCUT2D eigenvalue weighted by molar-refractivity contribution is 6.33. The molecular formula is C13H11ClN2O4. The van der Waals surface area contributed by atoms with Crippen LogP contribution in [0.25, 0.3) is 0 Å². The molecule has 104 valence electrons. The normalized spacial score (nSPS) is 19.1. The van der Waals surface area contributed by atoms with E-state index in [1.807, 2.05) is 0 Å². The van der Waals surface area contributed by atoms with E-state index in [-0.39, 0.29) is 24.5 Å². The summed E-state index contributed by atoms with van der Waals surface area (Å²) in [7, 11) is 0. The van der Waals surface area contributed by atoms with Crippen LogP contribution in [0.3, 0.4) is 0 Å². The molecule has 6 nitrogen and oxygen atoms in total. The monoisotopic (exact) mass is 294 g/mol. The van der Waals surface area contributed by atoms with Crippen LogP contribution in [-0.4, -0.2) is 53.4 Å². The van der Waals surface area contributed by atoms with Crippen molar-refractivity contribution in [2.75, 3.05) is 19.7 Å². The van der Waals surface area contributed by atoms with Gasteiger partial charge in [-0.05, 0) is 12.1 Å². The maximum Gasteiger partial charge on any atom is 0.417 e. The van der Waals surface area contributed by atoms with E-state index in [4.69, 9.17) is 11.6 Å². The van der Waals surface area contributed by atoms with Crippen LogP contribution in [-0.2, 0) is 9.53 Å². The number of halogens is 1. The number of rotatable bonds is 2. The molecule has 0 unspecified atom stereocenters. The minimum Gasteiger partial charge on any atom is -0.439 e. The Kier molecular flexibility index (Phi) is 3.10. The van der Waals surface area contributed by atoms with E-state index in [0.29, 0.717) is 23.7 Å². The van der Waals surface area contributed by atoms with Crippen LogP contribution in [0.2, 0.25) is 5.02 Å². The topological polar surface area (TPSA) is 66.9 Å². The molecular weight excluding hydrogens is 284 g/mol. The van der Waals surface area contributed by atoms with Crippen LogP contribution in [0.5, 0.6) is 0 Å². The molecule has 2 saturated heterocycles. The highest BCUT2D eigenvalue weighted by Gasteiger charge is 2.44. The molecule has 2 aliphatic rings. The highest BCUT2D eigenvalue weighted by Crippen LogP contribution is 2.24. The molecule has 1 aromatic carbocycles. The van der Waals surface area contributed by atoms with Crippen molar-refractivity contribution >= 4 is 29.5 Å². The summed E-state index contributed by atoms with van der Waals surface area (Å²) in [5.74, 6) is -0.559. The van der Waals surface area contributed by atoms with Gasteiger partial charge in [0.1, 0.15) is 0 Å². The summed E-state index contributed by atoms with van der Waals surface area (Å²) in [5.41, 5.74) is 0.419. The molecule has 0 aromatic heterocycles. The lowest BCUT2D eigenvalue weighted by atomic mass is 10.1. The largest absolute Gasteiger partial charge is 0.439 e. The maximum atomic E-state index is 12.2. The number of hydrogen-bond donors (Lipinski definition) is 0. The Hall–Kier alpha value is -2.08. The van der Waals surface area contributed by atoms with Gasteiger partial charge in [0.2, 0.25) is 0 Å². The fraction of sp³-hybridized carbons (Fsp3) is 0.308. The molecule has 1 aromatic rings. The molecule has 0 saturated carbocycles. The summed E-state index contributed by atoms with van der Waals surface area (Å²) in [4.78, 5) is 37.7. The lowest BCUT2D eigenvalue weighted by Gasteiger charge is -2.42. The smallest absolute Gasteiger partial charge is 0.417 e. The summed E-state index contributed by atoms with van der Waals surface area (Å²) in [5, 5.41) is 0.387. The SMILES string of the molecule is O=C(c1ccccc1Cl)N1CC(N2C(=O)COC2=O)C1. The highest BCUT2D eigenvalue weighted by atomic mass is 35.5. The van der Waals surface area contributed by atoms with Gasteiger partial charge in [0, 0.05) is 13.1 Å². The second-order valence-electron chi connectivity index (χ2n) is 4.66. The first-order valence-corrected chi connectivity index (χ1v) is 6.48. The fourth-order valence-corrected chi connectivity index (χ4v) is 2.52. The lowest BCUT2D eigenvalue weighted by molar-refractivity contribution is -0.129. The second-order valence-corrected chi connectivity index (χ2v) is 5.07. The molecule has 3 rings (SSSR count). The van der Waals surface area contributed by atoms with E-state index >= 15 is 0 Å². The number of imide groups is 1. The third-order valence-corrected chi connectivity index (χ3v) is 3.73. The Bertz CT molecular complexity index is 582. The van der Waals surface area contributed by atoms with Crippen molar-refractivity contribution < 1.29 is 19.1 Å². The van der Waals surface area contributed by atoms with Crippen LogP contribution < -0.4 is 0 Å². The number of amides is 3. The number of nitrogens with zero attached hydrogens (tertiary/aromatic N) is 2. The van der Waals surface area contributed by atoms with Gasteiger partial charge >= 0.3 is 6.09 Å². The Morgan fingerprint density at radius 2 is 1.95 bits per heavy atom. The van der Waals surface area contributed by atoms with Crippen LogP contribution in [0.15, 0.2) is 24.3 Å². The van der Waals surface area contributed by atoms with E-state index in [2.05, 4.69) is 4.74 Å². The first kappa shape index (κ1) is 12.9. The Labute approximate surface area is 119 Å². The van der Waals surface area contributed by atoms with Crippen molar-refractivity contribution in [3.8, 4) is 0 Å². The zero-order valence-electron chi connectivity index (χ0n) is 10.4. The van der Waals surface area contributed by atoms with Crippen molar-refractivity contribution in [2.24, 2.45) is 0 Å². The quantitative estimate of drug-likeness (QED) is 0.820. The van der Waals surface area contributed by atoms with Crippen LogP contribution in [0, 0.1) is 0 Å². The van der Waals surface area contributed by atoms with E-state index in [1.54, 1.807) is 29.2 Å². The molecule has 0 radical (unpaired) electrons. The standard InChI is InChI=1S/C13H11ClN2O4/c14-10-4-2-1-3-9(10)12(18)15-5-8(6-15)16-11(17)7-20-13(16)19/h1-4,8H,5-7H2. The lowest BCUT2D eigenvalue weighted by Crippen LogP contribution is -2.62. The van der Waals surface area contributed by atoms with Gasteiger partial charge in [0.25, 0.3) is 11.8 Å². The molecule has 0 atom stereocenters. The van der Waals surface area contributed by atoms with Crippen molar-refractivity contribution in [1.82, 2.24) is 9.80 Å². The van der Waals surface area contributed by atoms with E-state index < -0.39 is 6.09 Å². The van der Waals surface area contributed by atoms with E-state index in [1.165, 1.54) is 0 Å². The second kappa shape index (κ2) is 4.79. The van der Waals surface area contributed by atoms with Crippen molar-refractivity contribution in [3.05, 3.63) is 34.9 Å². The molecule has 2 heterocycles. The molecule has 0 N–H and O–H groups in total. The number of benzene rings is 1. The van der Waals surface area contributed by atoms with Gasteiger partial charge in [-0.1, -0.05) is 23.7 Å². The number of ether oxygens (including phenoxy) is 1. The number of carbonyl (C=O) groups is 3. The molecule has 7 heteroatoms. The third kappa shape index (κ3) is 2.02. The number of cyclic esters (lactones) is 1. The summed E-state index contributed by atoms with van der Waals surface area (Å²) < 4.78 is 4.65. The number of likely N-dealkylation sites (tertiary alicyclic amines) is 1. The van der Waals surface area contributed by atoms with E-state index in [0.717, 1.165) is 4.90 Å². The first-order chi connectivity index (χ1) is 9.58. The average molecular weight is 295 g/mol. The summed E-state index contributed by atoms with van der Waals surface area (Å²) in [6.45, 7) is 0.406. The zero-order valence-corrected chi connectivity index (χ0v) is 11.2. The van der Waals surface area contributed by atoms with Gasteiger partial charge in [0.05, 0.1) is 16.6 Å². The predicted molar refractivity (Wildman–Crippen MR) is 69.3 cm³/mol. The Balaban J connectivity index is 1.66. The minimum atomic E-state index is -0.634. The summed E-state index contributed by atoms with van der Waals surface area (Å²) >= 11 is 5.97. The fourth-order valence-electron chi connectivity index (χ4n) is 2.31. The van der Waals surface area contributed by atoms with Gasteiger partial charge in [-0.2, -0.15) is 0 Å². The van der Waals surface area contributed by atoms with Crippen LogP contribution in [0.4, 0.5) is 4.79 Å². The third-order valence-electron chi connectivity index (χ3n) is 3.40. The van der Waals surface area contributed by atoms with Gasteiger partial charge in [-0.15, -0.1) is 0 Å². The summed E-state index contributed by atoms with van der Waals surface area (Å²) in [6, 6.07) is 6.47. The molecule has 0 aliphatic carbocycles. The van der Waals surface area contributed by atoms with Gasteiger partial charge in [0.15, 0.2) is 6.61 Å². The molecule has 0 bridgehead atoms. The molecule has 2 aliphatic heterocycles. The molecule has 3 amide bonds. The van der Waals surface area contributed by atoms with Crippen molar-refractivity contribution in [1.29, 1.82) is 0 Å². The Morgan fingerprint density at radius 3 is 2.55 bits per heavy atom. The Morgan fingerprint density at radius 1 is 1.25 bits per heavy atom. The summed E-state index contributed by atoms with van der Waals surface area (Å²) in [6.07, 6.45) is -0.634. The first-order valence-electron chi connectivity index (χ1n) is 6.10. The van der Waals surface area contributed by atoms with Gasteiger partial charge in [-0.25, -0.2) is 9.69 Å². The van der Waals surface area contributed by atoms with Crippen molar-refractivity contribution in [3.63, 3.8) is 0 Å². The van der Waals surface area contributed by atoms with E-state index in [9.17, 15) is 14.4 Å². The number of carbonyl (C=O) groups excluding carboxylic acids is 3. The molecule has 20 heavy (non-hydrogen) atoms. The van der Waals surface area contributed by atoms with Crippen molar-refractivity contribution in [2.45, 2.75) is 6.04 Å². The van der Waals surface area contributed by atoms with Crippen LogP contribution in [0.1, 0.15) is 10.4 Å². The maximum absolute atomic E-state index is 12.2. The number of hydrogen-bond acceptors (Lipinski definition) is 4.